The molecule has 1 rings (SSSR count). The van der Waals surface area contributed by atoms with Crippen molar-refractivity contribution in [2.24, 2.45) is 11.5 Å². The lowest BCUT2D eigenvalue weighted by molar-refractivity contribution is -0.149. The van der Waals surface area contributed by atoms with E-state index in [1.54, 1.807) is 0 Å². The summed E-state index contributed by atoms with van der Waals surface area (Å²) >= 11 is 0. The second-order valence-corrected chi connectivity index (χ2v) is 6.15. The summed E-state index contributed by atoms with van der Waals surface area (Å²) in [5.74, 6) is -3.39. The Hall–Kier alpha value is -2.69. The summed E-state index contributed by atoms with van der Waals surface area (Å²) in [6.07, 6.45) is 0.972. The van der Waals surface area contributed by atoms with Crippen molar-refractivity contribution in [2.75, 3.05) is 13.1 Å². The van der Waals surface area contributed by atoms with E-state index in [1.165, 1.54) is 11.8 Å². The van der Waals surface area contributed by atoms with Crippen LogP contribution in [0.3, 0.4) is 0 Å². The number of nitrogens with one attached hydrogen (secondary N) is 2. The minimum absolute atomic E-state index is 0.0487. The van der Waals surface area contributed by atoms with E-state index in [1.807, 2.05) is 0 Å². The van der Waals surface area contributed by atoms with Crippen molar-refractivity contribution in [3.8, 4) is 0 Å². The van der Waals surface area contributed by atoms with Crippen LogP contribution in [-0.2, 0) is 24.0 Å². The van der Waals surface area contributed by atoms with E-state index >= 15 is 0 Å². The lowest BCUT2D eigenvalue weighted by Gasteiger charge is -2.25. The van der Waals surface area contributed by atoms with Crippen LogP contribution in [0, 0.1) is 0 Å². The molecule has 0 saturated carbocycles. The smallest absolute Gasteiger partial charge is 0.326 e. The van der Waals surface area contributed by atoms with E-state index in [0.717, 1.165) is 0 Å². The number of carboxylic acid groups (broad SMARTS) is 1. The predicted molar refractivity (Wildman–Crippen MR) is 89.4 cm³/mol. The zero-order valence-corrected chi connectivity index (χ0v) is 14.6. The molecule has 0 radical (unpaired) electrons. The van der Waals surface area contributed by atoms with Crippen LogP contribution in [0.1, 0.15) is 32.6 Å². The van der Waals surface area contributed by atoms with Gasteiger partial charge in [-0.1, -0.05) is 0 Å². The van der Waals surface area contributed by atoms with Gasteiger partial charge in [-0.05, 0) is 26.2 Å². The molecule has 1 saturated heterocycles. The lowest BCUT2D eigenvalue weighted by Crippen LogP contribution is -2.52. The molecule has 3 atom stereocenters. The second-order valence-electron chi connectivity index (χ2n) is 6.15. The van der Waals surface area contributed by atoms with E-state index < -0.39 is 54.3 Å². The monoisotopic (exact) mass is 371 g/mol. The molecule has 7 N–H and O–H groups in total. The van der Waals surface area contributed by atoms with Gasteiger partial charge < -0.3 is 32.1 Å². The van der Waals surface area contributed by atoms with Crippen molar-refractivity contribution in [3.63, 3.8) is 0 Å². The van der Waals surface area contributed by atoms with Gasteiger partial charge in [0.25, 0.3) is 0 Å². The first kappa shape index (κ1) is 21.4. The maximum Gasteiger partial charge on any atom is 0.326 e. The Balaban J connectivity index is 2.42. The van der Waals surface area contributed by atoms with Crippen molar-refractivity contribution < 1.29 is 29.1 Å². The molecule has 26 heavy (non-hydrogen) atoms. The molecule has 1 aliphatic rings. The quantitative estimate of drug-likeness (QED) is 0.291. The van der Waals surface area contributed by atoms with Crippen LogP contribution < -0.4 is 22.1 Å². The van der Waals surface area contributed by atoms with E-state index in [-0.39, 0.29) is 12.8 Å². The molecule has 1 aliphatic heterocycles. The largest absolute Gasteiger partial charge is 0.480 e. The first-order valence-corrected chi connectivity index (χ1v) is 8.27. The molecule has 146 valence electrons. The Kier molecular flexibility index (Phi) is 7.97. The van der Waals surface area contributed by atoms with Gasteiger partial charge in [0.1, 0.15) is 12.1 Å². The molecule has 0 aromatic carbocycles. The van der Waals surface area contributed by atoms with Gasteiger partial charge in [-0.25, -0.2) is 4.79 Å². The van der Waals surface area contributed by atoms with E-state index in [4.69, 9.17) is 16.6 Å². The van der Waals surface area contributed by atoms with Gasteiger partial charge in [0.2, 0.25) is 23.6 Å². The van der Waals surface area contributed by atoms with Crippen molar-refractivity contribution in [3.05, 3.63) is 0 Å². The first-order chi connectivity index (χ1) is 12.1. The van der Waals surface area contributed by atoms with E-state index in [9.17, 15) is 24.0 Å². The third-order valence-electron chi connectivity index (χ3n) is 4.03. The minimum atomic E-state index is -1.08. The Bertz CT molecular complexity index is 581. The van der Waals surface area contributed by atoms with Gasteiger partial charge in [0.15, 0.2) is 0 Å². The number of nitrogens with zero attached hydrogens (tertiary/aromatic N) is 1. The Labute approximate surface area is 150 Å². The number of carboxylic acids is 1. The molecule has 0 bridgehead atoms. The van der Waals surface area contributed by atoms with Crippen LogP contribution in [0.5, 0.6) is 0 Å². The fourth-order valence-corrected chi connectivity index (χ4v) is 2.62. The number of amides is 4. The molecule has 1 fully saturated rings. The van der Waals surface area contributed by atoms with Crippen LogP contribution in [0.2, 0.25) is 0 Å². The minimum Gasteiger partial charge on any atom is -0.480 e. The molecule has 1 heterocycles. The Morgan fingerprint density at radius 1 is 1.27 bits per heavy atom. The molecule has 0 aromatic rings. The van der Waals surface area contributed by atoms with Crippen LogP contribution >= 0.6 is 0 Å². The maximum absolute atomic E-state index is 12.3. The van der Waals surface area contributed by atoms with E-state index in [2.05, 4.69) is 10.6 Å². The van der Waals surface area contributed by atoms with Crippen LogP contribution in [-0.4, -0.2) is 70.8 Å². The van der Waals surface area contributed by atoms with Crippen LogP contribution in [0.15, 0.2) is 0 Å². The molecule has 11 heteroatoms. The second kappa shape index (κ2) is 9.70. The van der Waals surface area contributed by atoms with Gasteiger partial charge in [0.05, 0.1) is 12.6 Å². The molecule has 0 aliphatic carbocycles. The molecule has 3 unspecified atom stereocenters. The molecular formula is C15H25N5O6. The number of hydrogen-bond acceptors (Lipinski definition) is 6. The highest BCUT2D eigenvalue weighted by Crippen LogP contribution is 2.18. The van der Waals surface area contributed by atoms with Gasteiger partial charge in [0, 0.05) is 13.0 Å². The third-order valence-corrected chi connectivity index (χ3v) is 4.03. The number of aliphatic carboxylic acids is 1. The average Bonchev–Trinajstić information content (AvgIpc) is 3.06. The summed E-state index contributed by atoms with van der Waals surface area (Å²) < 4.78 is 0. The lowest BCUT2D eigenvalue weighted by atomic mass is 10.1. The fourth-order valence-electron chi connectivity index (χ4n) is 2.62. The van der Waals surface area contributed by atoms with Crippen molar-refractivity contribution in [2.45, 2.75) is 50.7 Å². The predicted octanol–water partition coefficient (Wildman–Crippen LogP) is -2.72. The van der Waals surface area contributed by atoms with Gasteiger partial charge in [-0.3, -0.25) is 19.2 Å². The zero-order chi connectivity index (χ0) is 19.9. The summed E-state index contributed by atoms with van der Waals surface area (Å²) in [7, 11) is 0. The number of primary amides is 1. The summed E-state index contributed by atoms with van der Waals surface area (Å²) in [5.41, 5.74) is 10.5. The fraction of sp³-hybridized carbons (Fsp3) is 0.667. The highest BCUT2D eigenvalue weighted by Gasteiger charge is 2.36. The highest BCUT2D eigenvalue weighted by atomic mass is 16.4. The number of carbonyl (C=O) groups is 5. The highest BCUT2D eigenvalue weighted by molar-refractivity contribution is 5.92. The summed E-state index contributed by atoms with van der Waals surface area (Å²) in [6, 6.07) is -2.79. The van der Waals surface area contributed by atoms with Crippen molar-refractivity contribution in [1.82, 2.24) is 15.5 Å². The summed E-state index contributed by atoms with van der Waals surface area (Å²) in [5, 5.41) is 13.8. The number of nitrogens with two attached hydrogens (primary N) is 2. The number of rotatable bonds is 9. The first-order valence-electron chi connectivity index (χ1n) is 8.27. The van der Waals surface area contributed by atoms with Crippen LogP contribution in [0.25, 0.3) is 0 Å². The Morgan fingerprint density at radius 3 is 2.50 bits per heavy atom. The zero-order valence-electron chi connectivity index (χ0n) is 14.6. The average molecular weight is 371 g/mol. The molecule has 0 aromatic heterocycles. The molecule has 4 amide bonds. The van der Waals surface area contributed by atoms with Gasteiger partial charge in [-0.15, -0.1) is 0 Å². The van der Waals surface area contributed by atoms with Crippen molar-refractivity contribution >= 4 is 29.6 Å². The summed E-state index contributed by atoms with van der Waals surface area (Å²) in [4.78, 5) is 58.8. The standard InChI is InChI=1S/C15H25N5O6/c1-8(14(24)20-6-2-3-10(20)15(25)26)19-12(22)7-18-13(23)9(16)4-5-11(17)21/h8-10H,2-7,16H2,1H3,(H2,17,21)(H,18,23)(H,19,22)(H,25,26). The van der Waals surface area contributed by atoms with E-state index in [0.29, 0.717) is 19.4 Å². The number of carbonyl (C=O) groups excluding carboxylic acids is 4. The molecule has 0 spiro atoms. The number of hydrogen-bond donors (Lipinski definition) is 5. The maximum atomic E-state index is 12.3. The van der Waals surface area contributed by atoms with Gasteiger partial charge in [-0.2, -0.15) is 0 Å². The third kappa shape index (κ3) is 6.31. The Morgan fingerprint density at radius 2 is 1.92 bits per heavy atom. The van der Waals surface area contributed by atoms with Crippen molar-refractivity contribution in [1.29, 1.82) is 0 Å². The van der Waals surface area contributed by atoms with Gasteiger partial charge >= 0.3 is 5.97 Å². The SMILES string of the molecule is CC(NC(=O)CNC(=O)C(N)CCC(N)=O)C(=O)N1CCCC1C(=O)O. The molecular weight excluding hydrogens is 346 g/mol. The summed E-state index contributed by atoms with van der Waals surface area (Å²) in [6.45, 7) is 1.36. The van der Waals surface area contributed by atoms with Crippen LogP contribution in [0.4, 0.5) is 0 Å². The number of likely N-dealkylation sites (tertiary alicyclic amines) is 1. The molecule has 11 nitrogen and oxygen atoms in total. The topological polar surface area (TPSA) is 185 Å². The normalized spacial score (nSPS) is 18.7.